The van der Waals surface area contributed by atoms with Gasteiger partial charge >= 0.3 is 6.09 Å². The molecule has 6 N–H and O–H groups in total. The van der Waals surface area contributed by atoms with Crippen molar-refractivity contribution >= 4 is 30.4 Å². The van der Waals surface area contributed by atoms with Crippen LogP contribution >= 0.6 is 12.4 Å². The molecule has 1 aromatic carbocycles. The number of amides is 2. The quantitative estimate of drug-likeness (QED) is 0.0846. The van der Waals surface area contributed by atoms with E-state index in [9.17, 15) is 9.59 Å². The van der Waals surface area contributed by atoms with Crippen molar-refractivity contribution in [3.05, 3.63) is 35.9 Å². The highest BCUT2D eigenvalue weighted by molar-refractivity contribution is 5.85. The summed E-state index contributed by atoms with van der Waals surface area (Å²) in [7, 11) is 0. The highest BCUT2D eigenvalue weighted by Gasteiger charge is 2.27. The van der Waals surface area contributed by atoms with Crippen LogP contribution in [0, 0.1) is 5.41 Å². The molecule has 1 aromatic rings. The van der Waals surface area contributed by atoms with E-state index in [4.69, 9.17) is 25.4 Å². The van der Waals surface area contributed by atoms with Gasteiger partial charge in [-0.05, 0) is 38.2 Å². The van der Waals surface area contributed by atoms with Crippen LogP contribution in [0.15, 0.2) is 30.3 Å². The molecule has 0 spiro atoms. The van der Waals surface area contributed by atoms with E-state index in [1.165, 1.54) is 0 Å². The Balaban J connectivity index is 0.0000122. The van der Waals surface area contributed by atoms with Gasteiger partial charge in [-0.15, -0.1) is 12.4 Å². The van der Waals surface area contributed by atoms with Gasteiger partial charge in [0, 0.05) is 19.8 Å². The van der Waals surface area contributed by atoms with Crippen LogP contribution in [0.4, 0.5) is 4.79 Å². The van der Waals surface area contributed by atoms with Crippen LogP contribution in [0.1, 0.15) is 64.9 Å². The second kappa shape index (κ2) is 20.6. The molecule has 0 saturated heterocycles. The van der Waals surface area contributed by atoms with Gasteiger partial charge in [0.1, 0.15) is 12.6 Å². The number of nitrogens with one attached hydrogen (secondary N) is 4. The lowest BCUT2D eigenvalue weighted by Crippen LogP contribution is -2.52. The van der Waals surface area contributed by atoms with Gasteiger partial charge in [-0.1, -0.05) is 57.0 Å². The van der Waals surface area contributed by atoms with Gasteiger partial charge in [-0.3, -0.25) is 10.2 Å². The first-order chi connectivity index (χ1) is 16.9. The summed E-state index contributed by atoms with van der Waals surface area (Å²) in [5.74, 6) is -0.471. The number of carbonyl (C=O) groups is 2. The Labute approximate surface area is 221 Å². The molecule has 0 heterocycles. The third-order valence-electron chi connectivity index (χ3n) is 5.16. The average Bonchev–Trinajstić information content (AvgIpc) is 2.84. The Morgan fingerprint density at radius 2 is 1.61 bits per heavy atom. The third kappa shape index (κ3) is 15.4. The third-order valence-corrected chi connectivity index (χ3v) is 5.16. The molecule has 0 radical (unpaired) electrons. The highest BCUT2D eigenvalue weighted by Crippen LogP contribution is 2.11. The van der Waals surface area contributed by atoms with Gasteiger partial charge in [-0.2, -0.15) is 0 Å². The summed E-state index contributed by atoms with van der Waals surface area (Å²) in [5.41, 5.74) is 6.22. The SMILES string of the molecule is CCCCOC(OCCCC)[C@H](CCCNC(=N)N)NC(=O)[C@H](C)NC(=O)OCc1ccccc1.Cl. The Kier molecular flexibility index (Phi) is 19.1. The first kappa shape index (κ1) is 33.4. The van der Waals surface area contributed by atoms with E-state index >= 15 is 0 Å². The molecule has 2 atom stereocenters. The van der Waals surface area contributed by atoms with E-state index in [0.29, 0.717) is 32.6 Å². The summed E-state index contributed by atoms with van der Waals surface area (Å²) < 4.78 is 17.2. The van der Waals surface area contributed by atoms with Crippen molar-refractivity contribution < 1.29 is 23.8 Å². The maximum Gasteiger partial charge on any atom is 0.408 e. The second-order valence-electron chi connectivity index (χ2n) is 8.34. The molecule has 0 saturated carbocycles. The lowest BCUT2D eigenvalue weighted by molar-refractivity contribution is -0.165. The number of guanidine groups is 1. The van der Waals surface area contributed by atoms with E-state index in [1.807, 2.05) is 30.3 Å². The molecule has 0 unspecified atom stereocenters. The Hall–Kier alpha value is -2.56. The van der Waals surface area contributed by atoms with Gasteiger partial charge in [0.15, 0.2) is 12.2 Å². The van der Waals surface area contributed by atoms with Crippen molar-refractivity contribution in [2.45, 2.75) is 84.3 Å². The van der Waals surface area contributed by atoms with Crippen LogP contribution in [0.5, 0.6) is 0 Å². The summed E-state index contributed by atoms with van der Waals surface area (Å²) in [6, 6.07) is 8.06. The number of ether oxygens (including phenoxy) is 3. The monoisotopic (exact) mass is 529 g/mol. The van der Waals surface area contributed by atoms with Crippen molar-refractivity contribution in [2.75, 3.05) is 19.8 Å². The molecule has 2 amide bonds. The molecule has 0 bridgehead atoms. The van der Waals surface area contributed by atoms with Crippen molar-refractivity contribution in [1.29, 1.82) is 5.41 Å². The molecule has 36 heavy (non-hydrogen) atoms. The van der Waals surface area contributed by atoms with E-state index in [0.717, 1.165) is 31.2 Å². The first-order valence-electron chi connectivity index (χ1n) is 12.5. The Morgan fingerprint density at radius 3 is 2.17 bits per heavy atom. The molecule has 10 nitrogen and oxygen atoms in total. The van der Waals surface area contributed by atoms with Crippen LogP contribution in [0.3, 0.4) is 0 Å². The minimum atomic E-state index is -0.817. The smallest absolute Gasteiger partial charge is 0.408 e. The van der Waals surface area contributed by atoms with Crippen molar-refractivity contribution in [1.82, 2.24) is 16.0 Å². The van der Waals surface area contributed by atoms with Gasteiger partial charge < -0.3 is 35.9 Å². The molecule has 0 aromatic heterocycles. The van der Waals surface area contributed by atoms with Crippen LogP contribution in [-0.2, 0) is 25.6 Å². The minimum absolute atomic E-state index is 0. The molecular weight excluding hydrogens is 486 g/mol. The first-order valence-corrected chi connectivity index (χ1v) is 12.5. The summed E-state index contributed by atoms with van der Waals surface area (Å²) in [6.07, 6.45) is 3.61. The van der Waals surface area contributed by atoms with E-state index in [-0.39, 0.29) is 30.9 Å². The normalized spacial score (nSPS) is 12.2. The van der Waals surface area contributed by atoms with Crippen molar-refractivity contribution in [3.63, 3.8) is 0 Å². The number of alkyl carbamates (subject to hydrolysis) is 1. The number of unbranched alkanes of at least 4 members (excludes halogenated alkanes) is 2. The van der Waals surface area contributed by atoms with Crippen LogP contribution in [0.25, 0.3) is 0 Å². The second-order valence-corrected chi connectivity index (χ2v) is 8.34. The maximum absolute atomic E-state index is 12.9. The molecule has 0 aliphatic heterocycles. The zero-order valence-corrected chi connectivity index (χ0v) is 22.5. The minimum Gasteiger partial charge on any atom is -0.445 e. The molecule has 11 heteroatoms. The summed E-state index contributed by atoms with van der Waals surface area (Å²) in [5, 5.41) is 15.6. The van der Waals surface area contributed by atoms with Crippen LogP contribution in [0.2, 0.25) is 0 Å². The molecule has 206 valence electrons. The van der Waals surface area contributed by atoms with Gasteiger partial charge in [-0.25, -0.2) is 4.79 Å². The number of carbonyl (C=O) groups excluding carboxylic acids is 2. The zero-order chi connectivity index (χ0) is 25.9. The number of nitrogens with two attached hydrogens (primary N) is 1. The Bertz CT molecular complexity index is 731. The van der Waals surface area contributed by atoms with Crippen molar-refractivity contribution in [3.8, 4) is 0 Å². The number of hydrogen-bond donors (Lipinski definition) is 5. The fourth-order valence-electron chi connectivity index (χ4n) is 3.10. The van der Waals surface area contributed by atoms with Gasteiger partial charge in [0.25, 0.3) is 0 Å². The van der Waals surface area contributed by atoms with Crippen LogP contribution in [-0.4, -0.2) is 56.1 Å². The predicted molar refractivity (Wildman–Crippen MR) is 143 cm³/mol. The largest absolute Gasteiger partial charge is 0.445 e. The fraction of sp³-hybridized carbons (Fsp3) is 0.640. The molecule has 0 aliphatic rings. The van der Waals surface area contributed by atoms with Gasteiger partial charge in [0.05, 0.1) is 6.04 Å². The lowest BCUT2D eigenvalue weighted by Gasteiger charge is -2.29. The average molecular weight is 530 g/mol. The van der Waals surface area contributed by atoms with Crippen molar-refractivity contribution in [2.24, 2.45) is 5.73 Å². The summed E-state index contributed by atoms with van der Waals surface area (Å²) in [4.78, 5) is 25.1. The number of benzene rings is 1. The maximum atomic E-state index is 12.9. The zero-order valence-electron chi connectivity index (χ0n) is 21.7. The standard InChI is InChI=1S/C25H43N5O5.ClH/c1-4-6-16-33-23(34-17-7-5-2)21(14-11-15-28-24(26)27)30-22(31)19(3)29-25(32)35-18-20-12-9-8-10-13-20;/h8-10,12-13,19,21,23H,4-7,11,14-18H2,1-3H3,(H,29,32)(H,30,31)(H4,26,27,28);1H/t19-,21-;/m0./s1. The van der Waals surface area contributed by atoms with E-state index in [2.05, 4.69) is 29.8 Å². The molecule has 0 aliphatic carbocycles. The van der Waals surface area contributed by atoms with E-state index in [1.54, 1.807) is 6.92 Å². The van der Waals surface area contributed by atoms with E-state index < -0.39 is 24.5 Å². The summed E-state index contributed by atoms with van der Waals surface area (Å²) in [6.45, 7) is 7.39. The Morgan fingerprint density at radius 1 is 1.00 bits per heavy atom. The lowest BCUT2D eigenvalue weighted by atomic mass is 10.1. The number of halogens is 1. The van der Waals surface area contributed by atoms with Gasteiger partial charge in [0.2, 0.25) is 5.91 Å². The number of hydrogen-bond acceptors (Lipinski definition) is 6. The van der Waals surface area contributed by atoms with Crippen LogP contribution < -0.4 is 21.7 Å². The summed E-state index contributed by atoms with van der Waals surface area (Å²) >= 11 is 0. The molecular formula is C25H44ClN5O5. The predicted octanol–water partition coefficient (Wildman–Crippen LogP) is 3.43. The number of rotatable bonds is 18. The topological polar surface area (TPSA) is 148 Å². The highest BCUT2D eigenvalue weighted by atomic mass is 35.5. The molecule has 0 fully saturated rings. The molecule has 1 rings (SSSR count). The fourth-order valence-corrected chi connectivity index (χ4v) is 3.10.